The summed E-state index contributed by atoms with van der Waals surface area (Å²) in [5, 5.41) is 7.99. The number of sulfonamides is 1. The van der Waals surface area contributed by atoms with Crippen LogP contribution in [0.3, 0.4) is 0 Å². The quantitative estimate of drug-likeness (QED) is 0.685. The fourth-order valence-electron chi connectivity index (χ4n) is 3.22. The van der Waals surface area contributed by atoms with Gasteiger partial charge in [-0.25, -0.2) is 13.1 Å². The van der Waals surface area contributed by atoms with Crippen LogP contribution in [0.1, 0.15) is 25.3 Å². The number of ether oxygens (including phenoxy) is 1. The summed E-state index contributed by atoms with van der Waals surface area (Å²) in [6.45, 7) is 4.03. The second kappa shape index (κ2) is 7.03. The second-order valence-corrected chi connectivity index (χ2v) is 9.03. The standard InChI is InChI=1S/C20H21N3O4S/c1-20(2)13-15-9-6-10-16(18(15)27-20)28(24,25)21-12-11-17-22-23-19(26-17)14-7-4-3-5-8-14/h3-10,21H,11-13H2,1-2H3. The highest BCUT2D eigenvalue weighted by Gasteiger charge is 2.34. The molecule has 28 heavy (non-hydrogen) atoms. The van der Waals surface area contributed by atoms with Gasteiger partial charge in [0.2, 0.25) is 21.8 Å². The van der Waals surface area contributed by atoms with E-state index in [0.717, 1.165) is 11.1 Å². The molecule has 0 saturated carbocycles. The van der Waals surface area contributed by atoms with E-state index < -0.39 is 15.6 Å². The third kappa shape index (κ3) is 3.79. The predicted molar refractivity (Wildman–Crippen MR) is 103 cm³/mol. The Kier molecular flexibility index (Phi) is 4.68. The fourth-order valence-corrected chi connectivity index (χ4v) is 4.42. The highest BCUT2D eigenvalue weighted by atomic mass is 32.2. The van der Waals surface area contributed by atoms with Crippen LogP contribution in [0.25, 0.3) is 11.5 Å². The number of nitrogens with one attached hydrogen (secondary N) is 1. The lowest BCUT2D eigenvalue weighted by Crippen LogP contribution is -2.28. The van der Waals surface area contributed by atoms with Gasteiger partial charge in [0.05, 0.1) is 0 Å². The zero-order valence-electron chi connectivity index (χ0n) is 15.7. The Morgan fingerprint density at radius 2 is 1.86 bits per heavy atom. The van der Waals surface area contributed by atoms with Crippen molar-refractivity contribution < 1.29 is 17.6 Å². The van der Waals surface area contributed by atoms with Gasteiger partial charge in [-0.3, -0.25) is 0 Å². The lowest BCUT2D eigenvalue weighted by Gasteiger charge is -2.18. The Labute approximate surface area is 163 Å². The zero-order valence-corrected chi connectivity index (χ0v) is 16.5. The second-order valence-electron chi connectivity index (χ2n) is 7.30. The van der Waals surface area contributed by atoms with Gasteiger partial charge in [0.25, 0.3) is 0 Å². The largest absolute Gasteiger partial charge is 0.486 e. The van der Waals surface area contributed by atoms with Crippen molar-refractivity contribution in [3.8, 4) is 17.2 Å². The van der Waals surface area contributed by atoms with Crippen LogP contribution >= 0.6 is 0 Å². The Balaban J connectivity index is 1.44. The molecule has 8 heteroatoms. The molecule has 3 aromatic rings. The van der Waals surface area contributed by atoms with Crippen molar-refractivity contribution in [1.82, 2.24) is 14.9 Å². The highest BCUT2D eigenvalue weighted by molar-refractivity contribution is 7.89. The van der Waals surface area contributed by atoms with Gasteiger partial charge < -0.3 is 9.15 Å². The average Bonchev–Trinajstić information content (AvgIpc) is 3.24. The maximum atomic E-state index is 12.8. The van der Waals surface area contributed by atoms with Crippen LogP contribution in [0.5, 0.6) is 5.75 Å². The molecule has 0 aliphatic carbocycles. The maximum absolute atomic E-state index is 12.8. The molecule has 0 bridgehead atoms. The van der Waals surface area contributed by atoms with E-state index in [1.807, 2.05) is 50.2 Å². The minimum Gasteiger partial charge on any atom is -0.486 e. The molecule has 7 nitrogen and oxygen atoms in total. The Morgan fingerprint density at radius 3 is 2.64 bits per heavy atom. The molecule has 4 rings (SSSR count). The van der Waals surface area contributed by atoms with E-state index in [1.54, 1.807) is 12.1 Å². The van der Waals surface area contributed by atoms with E-state index in [2.05, 4.69) is 14.9 Å². The molecule has 0 radical (unpaired) electrons. The van der Waals surface area contributed by atoms with Gasteiger partial charge >= 0.3 is 0 Å². The third-order valence-corrected chi connectivity index (χ3v) is 5.95. The van der Waals surface area contributed by atoms with Gasteiger partial charge in [0.15, 0.2) is 0 Å². The van der Waals surface area contributed by atoms with Gasteiger partial charge in [0, 0.05) is 24.9 Å². The van der Waals surface area contributed by atoms with Gasteiger partial charge in [-0.15, -0.1) is 10.2 Å². The zero-order chi connectivity index (χ0) is 19.8. The highest BCUT2D eigenvalue weighted by Crippen LogP contribution is 2.39. The van der Waals surface area contributed by atoms with E-state index >= 15 is 0 Å². The summed E-state index contributed by atoms with van der Waals surface area (Å²) in [7, 11) is -3.72. The molecule has 2 heterocycles. The normalized spacial score (nSPS) is 15.2. The number of rotatable bonds is 6. The van der Waals surface area contributed by atoms with Crippen molar-refractivity contribution in [1.29, 1.82) is 0 Å². The number of nitrogens with zero attached hydrogens (tertiary/aromatic N) is 2. The van der Waals surface area contributed by atoms with Gasteiger partial charge in [-0.2, -0.15) is 0 Å². The van der Waals surface area contributed by atoms with Crippen LogP contribution < -0.4 is 9.46 Å². The van der Waals surface area contributed by atoms with Gasteiger partial charge in [0.1, 0.15) is 16.2 Å². The number of hydrogen-bond acceptors (Lipinski definition) is 6. The van der Waals surface area contributed by atoms with Crippen molar-refractivity contribution in [2.45, 2.75) is 37.2 Å². The molecule has 0 amide bonds. The van der Waals surface area contributed by atoms with Crippen molar-refractivity contribution in [3.63, 3.8) is 0 Å². The molecule has 2 aromatic carbocycles. The number of fused-ring (bicyclic) bond motifs is 1. The first kappa shape index (κ1) is 18.6. The smallest absolute Gasteiger partial charge is 0.247 e. The summed E-state index contributed by atoms with van der Waals surface area (Å²) in [5.41, 5.74) is 1.31. The average molecular weight is 399 g/mol. The first-order valence-electron chi connectivity index (χ1n) is 9.02. The van der Waals surface area contributed by atoms with Crippen LogP contribution in [0.4, 0.5) is 0 Å². The van der Waals surface area contributed by atoms with E-state index in [4.69, 9.17) is 9.15 Å². The van der Waals surface area contributed by atoms with E-state index in [9.17, 15) is 8.42 Å². The molecular weight excluding hydrogens is 378 g/mol. The summed E-state index contributed by atoms with van der Waals surface area (Å²) in [5.74, 6) is 1.22. The van der Waals surface area contributed by atoms with Crippen LogP contribution in [0.2, 0.25) is 0 Å². The molecule has 1 aliphatic rings. The molecule has 1 aromatic heterocycles. The summed E-state index contributed by atoms with van der Waals surface area (Å²) in [6.07, 6.45) is 0.969. The van der Waals surface area contributed by atoms with Crippen LogP contribution in [0.15, 0.2) is 57.8 Å². The number of hydrogen-bond donors (Lipinski definition) is 1. The lowest BCUT2D eigenvalue weighted by molar-refractivity contribution is 0.135. The van der Waals surface area contributed by atoms with E-state index in [-0.39, 0.29) is 11.4 Å². The lowest BCUT2D eigenvalue weighted by atomic mass is 10.0. The molecule has 0 atom stereocenters. The molecule has 1 aliphatic heterocycles. The molecule has 0 spiro atoms. The van der Waals surface area contributed by atoms with Crippen molar-refractivity contribution in [2.24, 2.45) is 0 Å². The van der Waals surface area contributed by atoms with Gasteiger partial charge in [-0.05, 0) is 37.6 Å². The number of para-hydroxylation sites is 1. The summed E-state index contributed by atoms with van der Waals surface area (Å²) in [6, 6.07) is 14.6. The molecule has 0 fully saturated rings. The SMILES string of the molecule is CC1(C)Cc2cccc(S(=O)(=O)NCCc3nnc(-c4ccccc4)o3)c2O1. The first-order valence-corrected chi connectivity index (χ1v) is 10.5. The summed E-state index contributed by atoms with van der Waals surface area (Å²) in [4.78, 5) is 0.158. The molecule has 0 saturated heterocycles. The van der Waals surface area contributed by atoms with Crippen molar-refractivity contribution in [2.75, 3.05) is 6.54 Å². The summed E-state index contributed by atoms with van der Waals surface area (Å²) >= 11 is 0. The fraction of sp³-hybridized carbons (Fsp3) is 0.300. The number of aromatic nitrogens is 2. The van der Waals surface area contributed by atoms with Crippen LogP contribution in [-0.2, 0) is 22.9 Å². The third-order valence-electron chi connectivity index (χ3n) is 4.46. The molecular formula is C20H21N3O4S. The Bertz CT molecular complexity index is 1090. The monoisotopic (exact) mass is 399 g/mol. The minimum atomic E-state index is -3.72. The van der Waals surface area contributed by atoms with Crippen LogP contribution in [-0.4, -0.2) is 30.8 Å². The maximum Gasteiger partial charge on any atom is 0.247 e. The molecule has 1 N–H and O–H groups in total. The topological polar surface area (TPSA) is 94.3 Å². The van der Waals surface area contributed by atoms with E-state index in [0.29, 0.717) is 30.4 Å². The van der Waals surface area contributed by atoms with Crippen molar-refractivity contribution in [3.05, 3.63) is 60.0 Å². The molecule has 0 unspecified atom stereocenters. The number of benzene rings is 2. The Hall–Kier alpha value is -2.71. The minimum absolute atomic E-state index is 0.145. The van der Waals surface area contributed by atoms with E-state index in [1.165, 1.54) is 0 Å². The van der Waals surface area contributed by atoms with Gasteiger partial charge in [-0.1, -0.05) is 30.3 Å². The first-order chi connectivity index (χ1) is 13.3. The predicted octanol–water partition coefficient (Wildman–Crippen LogP) is 2.97. The Morgan fingerprint density at radius 1 is 1.07 bits per heavy atom. The molecule has 146 valence electrons. The van der Waals surface area contributed by atoms with Crippen LogP contribution in [0, 0.1) is 0 Å². The van der Waals surface area contributed by atoms with Crippen molar-refractivity contribution >= 4 is 10.0 Å². The summed E-state index contributed by atoms with van der Waals surface area (Å²) < 4.78 is 39.6.